The Kier molecular flexibility index (Phi) is 4.16. The maximum absolute atomic E-state index is 12.4. The van der Waals surface area contributed by atoms with E-state index in [1.807, 2.05) is 35.0 Å². The van der Waals surface area contributed by atoms with Crippen LogP contribution in [-0.4, -0.2) is 19.7 Å². The van der Waals surface area contributed by atoms with Gasteiger partial charge in [-0.05, 0) is 29.8 Å². The van der Waals surface area contributed by atoms with Crippen LogP contribution in [0.3, 0.4) is 0 Å². The monoisotopic (exact) mass is 282 g/mol. The number of carbonyl (C=O) groups is 1. The third kappa shape index (κ3) is 2.09. The standard InChI is InChI=1S/C13H14O3S2/c1-3-16-12(14)13(15-2,10-6-4-8-17-10)11-7-5-9-18-11/h4-9H,3H2,1-2H3. The summed E-state index contributed by atoms with van der Waals surface area (Å²) in [5, 5.41) is 3.85. The molecule has 0 amide bonds. The van der Waals surface area contributed by atoms with Gasteiger partial charge >= 0.3 is 5.97 Å². The highest BCUT2D eigenvalue weighted by Crippen LogP contribution is 2.39. The molecule has 96 valence electrons. The quantitative estimate of drug-likeness (QED) is 0.790. The zero-order valence-electron chi connectivity index (χ0n) is 10.2. The lowest BCUT2D eigenvalue weighted by atomic mass is 9.99. The molecule has 18 heavy (non-hydrogen) atoms. The summed E-state index contributed by atoms with van der Waals surface area (Å²) >= 11 is 2.98. The van der Waals surface area contributed by atoms with Gasteiger partial charge in [-0.1, -0.05) is 12.1 Å². The van der Waals surface area contributed by atoms with E-state index in [9.17, 15) is 4.79 Å². The summed E-state index contributed by atoms with van der Waals surface area (Å²) in [6, 6.07) is 7.59. The van der Waals surface area contributed by atoms with Gasteiger partial charge in [0.15, 0.2) is 0 Å². The summed E-state index contributed by atoms with van der Waals surface area (Å²) in [6.45, 7) is 2.13. The average molecular weight is 282 g/mol. The van der Waals surface area contributed by atoms with Gasteiger partial charge in [0.05, 0.1) is 16.4 Å². The van der Waals surface area contributed by atoms with Gasteiger partial charge in [-0.3, -0.25) is 0 Å². The van der Waals surface area contributed by atoms with E-state index in [0.717, 1.165) is 9.75 Å². The SMILES string of the molecule is CCOC(=O)C(OC)(c1cccs1)c1cccs1. The third-order valence-electron chi connectivity index (χ3n) is 2.61. The predicted molar refractivity (Wildman–Crippen MR) is 73.1 cm³/mol. The van der Waals surface area contributed by atoms with Gasteiger partial charge < -0.3 is 9.47 Å². The number of rotatable bonds is 5. The Morgan fingerprint density at radius 3 is 2.11 bits per heavy atom. The molecule has 2 aromatic rings. The van der Waals surface area contributed by atoms with Gasteiger partial charge in [-0.25, -0.2) is 4.79 Å². The van der Waals surface area contributed by atoms with Crippen molar-refractivity contribution in [2.75, 3.05) is 13.7 Å². The Morgan fingerprint density at radius 2 is 1.78 bits per heavy atom. The number of methoxy groups -OCH3 is 1. The Labute approximate surface area is 114 Å². The normalized spacial score (nSPS) is 11.4. The molecule has 2 rings (SSSR count). The highest BCUT2D eigenvalue weighted by Gasteiger charge is 2.46. The van der Waals surface area contributed by atoms with Crippen LogP contribution in [0.2, 0.25) is 0 Å². The van der Waals surface area contributed by atoms with Gasteiger partial charge in [0.1, 0.15) is 0 Å². The van der Waals surface area contributed by atoms with Crippen molar-refractivity contribution in [1.29, 1.82) is 0 Å². The van der Waals surface area contributed by atoms with Crippen LogP contribution in [0.15, 0.2) is 35.0 Å². The second-order valence-electron chi connectivity index (χ2n) is 3.56. The van der Waals surface area contributed by atoms with Gasteiger partial charge in [0.25, 0.3) is 0 Å². The molecule has 0 fully saturated rings. The third-order valence-corrected chi connectivity index (χ3v) is 4.55. The van der Waals surface area contributed by atoms with Crippen molar-refractivity contribution in [1.82, 2.24) is 0 Å². The smallest absolute Gasteiger partial charge is 0.349 e. The van der Waals surface area contributed by atoms with E-state index in [0.29, 0.717) is 6.61 Å². The summed E-state index contributed by atoms with van der Waals surface area (Å²) < 4.78 is 10.8. The Morgan fingerprint density at radius 1 is 1.22 bits per heavy atom. The summed E-state index contributed by atoms with van der Waals surface area (Å²) in [5.41, 5.74) is -1.13. The van der Waals surface area contributed by atoms with Crippen molar-refractivity contribution in [3.8, 4) is 0 Å². The minimum Gasteiger partial charge on any atom is -0.463 e. The molecule has 2 aromatic heterocycles. The second kappa shape index (κ2) is 5.65. The van der Waals surface area contributed by atoms with Crippen LogP contribution in [0.5, 0.6) is 0 Å². The van der Waals surface area contributed by atoms with Gasteiger partial charge in [0.2, 0.25) is 5.60 Å². The van der Waals surface area contributed by atoms with E-state index in [1.165, 1.54) is 29.8 Å². The van der Waals surface area contributed by atoms with Crippen molar-refractivity contribution in [3.63, 3.8) is 0 Å². The highest BCUT2D eigenvalue weighted by atomic mass is 32.1. The lowest BCUT2D eigenvalue weighted by Gasteiger charge is -2.27. The van der Waals surface area contributed by atoms with Crippen LogP contribution in [0.4, 0.5) is 0 Å². The Bertz CT molecular complexity index is 454. The molecule has 3 nitrogen and oxygen atoms in total. The lowest BCUT2D eigenvalue weighted by Crippen LogP contribution is -2.39. The first-order chi connectivity index (χ1) is 8.75. The van der Waals surface area contributed by atoms with Crippen molar-refractivity contribution in [2.45, 2.75) is 12.5 Å². The molecule has 0 bridgehead atoms. The summed E-state index contributed by atoms with van der Waals surface area (Å²) in [7, 11) is 1.54. The van der Waals surface area contributed by atoms with Crippen LogP contribution in [0, 0.1) is 0 Å². The van der Waals surface area contributed by atoms with Crippen molar-refractivity contribution in [3.05, 3.63) is 44.8 Å². The van der Waals surface area contributed by atoms with Gasteiger partial charge in [0, 0.05) is 7.11 Å². The van der Waals surface area contributed by atoms with Gasteiger partial charge in [-0.15, -0.1) is 22.7 Å². The lowest BCUT2D eigenvalue weighted by molar-refractivity contribution is -0.164. The predicted octanol–water partition coefficient (Wildman–Crippen LogP) is 3.26. The van der Waals surface area contributed by atoms with E-state index < -0.39 is 5.60 Å². The van der Waals surface area contributed by atoms with E-state index in [-0.39, 0.29) is 5.97 Å². The van der Waals surface area contributed by atoms with Crippen molar-refractivity contribution >= 4 is 28.6 Å². The number of hydrogen-bond acceptors (Lipinski definition) is 5. The molecule has 0 saturated carbocycles. The van der Waals surface area contributed by atoms with Crippen LogP contribution in [0.1, 0.15) is 16.7 Å². The molecular formula is C13H14O3S2. The second-order valence-corrected chi connectivity index (χ2v) is 5.46. The molecular weight excluding hydrogens is 268 g/mol. The first kappa shape index (κ1) is 13.3. The molecule has 2 heterocycles. The van der Waals surface area contributed by atoms with E-state index in [2.05, 4.69) is 0 Å². The maximum atomic E-state index is 12.4. The van der Waals surface area contributed by atoms with Crippen LogP contribution in [0.25, 0.3) is 0 Å². The average Bonchev–Trinajstić information content (AvgIpc) is 3.03. The molecule has 0 aliphatic rings. The van der Waals surface area contributed by atoms with Crippen molar-refractivity contribution in [2.24, 2.45) is 0 Å². The zero-order chi connectivity index (χ0) is 13.0. The summed E-state index contributed by atoms with van der Waals surface area (Å²) in [6.07, 6.45) is 0. The molecule has 0 spiro atoms. The molecule has 0 N–H and O–H groups in total. The molecule has 0 saturated heterocycles. The zero-order valence-corrected chi connectivity index (χ0v) is 11.8. The fourth-order valence-electron chi connectivity index (χ4n) is 1.80. The molecule has 0 radical (unpaired) electrons. The maximum Gasteiger partial charge on any atom is 0.349 e. The fraction of sp³-hybridized carbons (Fsp3) is 0.308. The first-order valence-corrected chi connectivity index (χ1v) is 7.32. The minimum atomic E-state index is -1.13. The number of esters is 1. The van der Waals surface area contributed by atoms with E-state index >= 15 is 0 Å². The number of hydrogen-bond donors (Lipinski definition) is 0. The fourth-order valence-corrected chi connectivity index (χ4v) is 3.67. The summed E-state index contributed by atoms with van der Waals surface area (Å²) in [4.78, 5) is 14.0. The molecule has 0 aliphatic heterocycles. The number of carbonyl (C=O) groups excluding carboxylic acids is 1. The highest BCUT2D eigenvalue weighted by molar-refractivity contribution is 7.12. The van der Waals surface area contributed by atoms with E-state index in [4.69, 9.17) is 9.47 Å². The largest absolute Gasteiger partial charge is 0.463 e. The molecule has 0 atom stereocenters. The van der Waals surface area contributed by atoms with Crippen molar-refractivity contribution < 1.29 is 14.3 Å². The number of ether oxygens (including phenoxy) is 2. The topological polar surface area (TPSA) is 35.5 Å². The molecule has 0 aliphatic carbocycles. The minimum absolute atomic E-state index is 0.334. The molecule has 5 heteroatoms. The van der Waals surface area contributed by atoms with Crippen LogP contribution < -0.4 is 0 Å². The summed E-state index contributed by atoms with van der Waals surface area (Å²) in [5.74, 6) is -0.364. The van der Waals surface area contributed by atoms with Crippen LogP contribution >= 0.6 is 22.7 Å². The number of thiophene rings is 2. The molecule has 0 aromatic carbocycles. The molecule has 0 unspecified atom stereocenters. The Balaban J connectivity index is 2.54. The Hall–Kier alpha value is -1.17. The van der Waals surface area contributed by atoms with Crippen LogP contribution in [-0.2, 0) is 19.9 Å². The van der Waals surface area contributed by atoms with Gasteiger partial charge in [-0.2, -0.15) is 0 Å². The van der Waals surface area contributed by atoms with E-state index in [1.54, 1.807) is 6.92 Å². The first-order valence-electron chi connectivity index (χ1n) is 5.56.